The Morgan fingerprint density at radius 1 is 1.28 bits per heavy atom. The van der Waals surface area contributed by atoms with Crippen LogP contribution in [0.5, 0.6) is 0 Å². The highest BCUT2D eigenvalue weighted by Gasteiger charge is 2.16. The van der Waals surface area contributed by atoms with Gasteiger partial charge in [-0.25, -0.2) is 4.68 Å². The molecule has 0 amide bonds. The lowest BCUT2D eigenvalue weighted by Crippen LogP contribution is -2.05. The maximum atomic E-state index is 5.87. The molecule has 18 heavy (non-hydrogen) atoms. The second-order valence-electron chi connectivity index (χ2n) is 4.16. The number of nitrogens with two attached hydrogens (primary N) is 1. The minimum Gasteiger partial charge on any atom is -0.381 e. The van der Waals surface area contributed by atoms with Crippen molar-refractivity contribution in [2.45, 2.75) is 26.7 Å². The van der Waals surface area contributed by atoms with E-state index in [4.69, 9.17) is 5.73 Å². The van der Waals surface area contributed by atoms with Crippen LogP contribution in [-0.2, 0) is 6.42 Å². The standard InChI is InChI=1S/C12H14Br2N4/c1-3-4-10-12(15)16-17-18(10)11-8(13)5-7(2)6-9(11)14/h5-6H,3-4,15H2,1-2H3. The molecule has 1 aromatic heterocycles. The molecule has 0 bridgehead atoms. The van der Waals surface area contributed by atoms with E-state index < -0.39 is 0 Å². The van der Waals surface area contributed by atoms with Crippen molar-refractivity contribution in [1.82, 2.24) is 15.0 Å². The summed E-state index contributed by atoms with van der Waals surface area (Å²) in [6, 6.07) is 4.10. The second kappa shape index (κ2) is 5.40. The highest BCUT2D eigenvalue weighted by molar-refractivity contribution is 9.11. The highest BCUT2D eigenvalue weighted by atomic mass is 79.9. The minimum absolute atomic E-state index is 0.497. The van der Waals surface area contributed by atoms with Crippen LogP contribution in [0, 0.1) is 6.92 Å². The number of benzene rings is 1. The molecule has 4 nitrogen and oxygen atoms in total. The van der Waals surface area contributed by atoms with E-state index in [0.717, 1.165) is 33.2 Å². The largest absolute Gasteiger partial charge is 0.381 e. The van der Waals surface area contributed by atoms with Gasteiger partial charge in [0, 0.05) is 8.95 Å². The molecule has 2 rings (SSSR count). The lowest BCUT2D eigenvalue weighted by atomic mass is 10.2. The number of aromatic nitrogens is 3. The van der Waals surface area contributed by atoms with Gasteiger partial charge in [-0.15, -0.1) is 5.10 Å². The Balaban J connectivity index is 2.62. The van der Waals surface area contributed by atoms with Crippen molar-refractivity contribution in [3.05, 3.63) is 32.3 Å². The van der Waals surface area contributed by atoms with E-state index >= 15 is 0 Å². The number of hydrogen-bond donors (Lipinski definition) is 1. The molecule has 0 saturated heterocycles. The molecule has 96 valence electrons. The van der Waals surface area contributed by atoms with E-state index in [1.54, 1.807) is 4.68 Å². The van der Waals surface area contributed by atoms with Crippen molar-refractivity contribution in [1.29, 1.82) is 0 Å². The summed E-state index contributed by atoms with van der Waals surface area (Å²) in [6.07, 6.45) is 1.85. The lowest BCUT2D eigenvalue weighted by Gasteiger charge is -2.11. The van der Waals surface area contributed by atoms with Gasteiger partial charge in [0.1, 0.15) is 0 Å². The van der Waals surface area contributed by atoms with Crippen LogP contribution in [0.3, 0.4) is 0 Å². The Labute approximate surface area is 123 Å². The third kappa shape index (κ3) is 2.44. The van der Waals surface area contributed by atoms with Crippen LogP contribution in [-0.4, -0.2) is 15.0 Å². The molecule has 0 fully saturated rings. The Bertz CT molecular complexity index is 554. The van der Waals surface area contributed by atoms with Crippen LogP contribution in [0.4, 0.5) is 5.82 Å². The van der Waals surface area contributed by atoms with Gasteiger partial charge in [0.25, 0.3) is 0 Å². The van der Waals surface area contributed by atoms with Crippen molar-refractivity contribution in [2.24, 2.45) is 0 Å². The number of hydrogen-bond acceptors (Lipinski definition) is 3. The molecule has 0 radical (unpaired) electrons. The van der Waals surface area contributed by atoms with Crippen LogP contribution in [0.2, 0.25) is 0 Å². The van der Waals surface area contributed by atoms with Gasteiger partial charge in [-0.2, -0.15) is 0 Å². The topological polar surface area (TPSA) is 56.7 Å². The van der Waals surface area contributed by atoms with Gasteiger partial charge in [0.2, 0.25) is 0 Å². The third-order valence-electron chi connectivity index (χ3n) is 2.65. The fourth-order valence-electron chi connectivity index (χ4n) is 1.86. The minimum atomic E-state index is 0.497. The third-order valence-corrected chi connectivity index (χ3v) is 3.86. The van der Waals surface area contributed by atoms with Gasteiger partial charge in [0.15, 0.2) is 5.82 Å². The molecular formula is C12H14Br2N4. The van der Waals surface area contributed by atoms with E-state index in [1.807, 2.05) is 19.1 Å². The monoisotopic (exact) mass is 372 g/mol. The van der Waals surface area contributed by atoms with Crippen LogP contribution in [0.25, 0.3) is 5.69 Å². The maximum Gasteiger partial charge on any atom is 0.169 e. The molecule has 2 aromatic rings. The molecule has 0 aliphatic heterocycles. The fourth-order valence-corrected chi connectivity index (χ4v) is 3.61. The van der Waals surface area contributed by atoms with Gasteiger partial charge in [0.05, 0.1) is 11.4 Å². The summed E-state index contributed by atoms with van der Waals surface area (Å²) in [5.41, 5.74) is 8.92. The Hall–Kier alpha value is -0.880. The molecule has 0 saturated carbocycles. The van der Waals surface area contributed by atoms with Crippen molar-refractivity contribution >= 4 is 37.7 Å². The normalized spacial score (nSPS) is 10.9. The van der Waals surface area contributed by atoms with Crippen LogP contribution >= 0.6 is 31.9 Å². The van der Waals surface area contributed by atoms with Gasteiger partial charge < -0.3 is 5.73 Å². The molecule has 0 aliphatic carbocycles. The zero-order chi connectivity index (χ0) is 13.3. The first-order valence-corrected chi connectivity index (χ1v) is 7.29. The number of anilines is 1. The quantitative estimate of drug-likeness (QED) is 0.893. The summed E-state index contributed by atoms with van der Waals surface area (Å²) in [5, 5.41) is 8.10. The molecule has 0 atom stereocenters. The molecule has 0 spiro atoms. The predicted octanol–water partition coefficient (Wildman–Crippen LogP) is 3.64. The first kappa shape index (κ1) is 13.5. The summed E-state index contributed by atoms with van der Waals surface area (Å²) >= 11 is 7.14. The maximum absolute atomic E-state index is 5.87. The predicted molar refractivity (Wildman–Crippen MR) is 79.9 cm³/mol. The average Bonchev–Trinajstić information content (AvgIpc) is 2.61. The molecule has 0 aliphatic rings. The number of nitrogen functional groups attached to an aromatic ring is 1. The molecular weight excluding hydrogens is 360 g/mol. The Morgan fingerprint density at radius 2 is 1.89 bits per heavy atom. The van der Waals surface area contributed by atoms with E-state index in [2.05, 4.69) is 49.1 Å². The second-order valence-corrected chi connectivity index (χ2v) is 5.87. The Morgan fingerprint density at radius 3 is 2.44 bits per heavy atom. The van der Waals surface area contributed by atoms with E-state index in [-0.39, 0.29) is 0 Å². The number of aryl methyl sites for hydroxylation is 1. The average molecular weight is 374 g/mol. The number of rotatable bonds is 3. The zero-order valence-electron chi connectivity index (χ0n) is 10.2. The number of halogens is 2. The van der Waals surface area contributed by atoms with Gasteiger partial charge in [-0.1, -0.05) is 18.6 Å². The zero-order valence-corrected chi connectivity index (χ0v) is 13.4. The van der Waals surface area contributed by atoms with Crippen molar-refractivity contribution < 1.29 is 0 Å². The van der Waals surface area contributed by atoms with E-state index in [9.17, 15) is 0 Å². The van der Waals surface area contributed by atoms with E-state index in [1.165, 1.54) is 5.56 Å². The molecule has 1 heterocycles. The first-order chi connectivity index (χ1) is 8.54. The van der Waals surface area contributed by atoms with Gasteiger partial charge in [-0.05, 0) is 62.9 Å². The first-order valence-electron chi connectivity index (χ1n) is 5.70. The molecule has 2 N–H and O–H groups in total. The van der Waals surface area contributed by atoms with E-state index in [0.29, 0.717) is 5.82 Å². The summed E-state index contributed by atoms with van der Waals surface area (Å²) in [6.45, 7) is 4.15. The van der Waals surface area contributed by atoms with Crippen LogP contribution in [0.1, 0.15) is 24.6 Å². The Kier molecular flexibility index (Phi) is 4.07. The summed E-state index contributed by atoms with van der Waals surface area (Å²) < 4.78 is 3.74. The summed E-state index contributed by atoms with van der Waals surface area (Å²) in [7, 11) is 0. The van der Waals surface area contributed by atoms with Crippen molar-refractivity contribution in [3.8, 4) is 5.69 Å². The number of nitrogens with zero attached hydrogens (tertiary/aromatic N) is 3. The van der Waals surface area contributed by atoms with Gasteiger partial charge in [-0.3, -0.25) is 0 Å². The fraction of sp³-hybridized carbons (Fsp3) is 0.333. The SMILES string of the molecule is CCCc1c(N)nnn1-c1c(Br)cc(C)cc1Br. The highest BCUT2D eigenvalue weighted by Crippen LogP contribution is 2.32. The van der Waals surface area contributed by atoms with Crippen LogP contribution in [0.15, 0.2) is 21.1 Å². The molecule has 1 aromatic carbocycles. The smallest absolute Gasteiger partial charge is 0.169 e. The van der Waals surface area contributed by atoms with Crippen molar-refractivity contribution in [3.63, 3.8) is 0 Å². The van der Waals surface area contributed by atoms with Crippen LogP contribution < -0.4 is 5.73 Å². The molecule has 0 unspecified atom stereocenters. The molecule has 6 heteroatoms. The summed E-state index contributed by atoms with van der Waals surface area (Å²) in [4.78, 5) is 0. The lowest BCUT2D eigenvalue weighted by molar-refractivity contribution is 0.741. The summed E-state index contributed by atoms with van der Waals surface area (Å²) in [5.74, 6) is 0.497. The van der Waals surface area contributed by atoms with Gasteiger partial charge >= 0.3 is 0 Å². The van der Waals surface area contributed by atoms with Crippen molar-refractivity contribution in [2.75, 3.05) is 5.73 Å².